The van der Waals surface area contributed by atoms with Crippen LogP contribution in [0, 0.1) is 12.7 Å². The van der Waals surface area contributed by atoms with Gasteiger partial charge in [0, 0.05) is 19.2 Å². The molecule has 1 aliphatic carbocycles. The molecule has 6 heteroatoms. The Morgan fingerprint density at radius 1 is 1.24 bits per heavy atom. The van der Waals surface area contributed by atoms with Gasteiger partial charge in [-0.2, -0.15) is 0 Å². The zero-order chi connectivity index (χ0) is 15.6. The Balaban J connectivity index is 1.94. The molecule has 0 spiro atoms. The average molecular weight is 315 g/mol. The largest absolute Gasteiger partial charge is 0.490 e. The number of hydrogen-bond donors (Lipinski definition) is 0. The van der Waals surface area contributed by atoms with Crippen LogP contribution >= 0.6 is 0 Å². The average Bonchev–Trinajstić information content (AvgIpc) is 2.42. The van der Waals surface area contributed by atoms with Gasteiger partial charge in [0.25, 0.3) is 0 Å². The lowest BCUT2D eigenvalue weighted by molar-refractivity contribution is 0.124. The van der Waals surface area contributed by atoms with Crippen LogP contribution in [-0.2, 0) is 10.0 Å². The summed E-state index contributed by atoms with van der Waals surface area (Å²) in [7, 11) is -1.53. The Morgan fingerprint density at radius 3 is 2.43 bits per heavy atom. The number of halogens is 1. The first-order valence-electron chi connectivity index (χ1n) is 7.13. The van der Waals surface area contributed by atoms with Gasteiger partial charge in [0.15, 0.2) is 0 Å². The van der Waals surface area contributed by atoms with Crippen LogP contribution < -0.4 is 4.74 Å². The molecule has 0 aromatic heterocycles. The van der Waals surface area contributed by atoms with E-state index in [1.54, 1.807) is 13.1 Å². The van der Waals surface area contributed by atoms with Crippen LogP contribution in [0.2, 0.25) is 0 Å². The van der Waals surface area contributed by atoms with Crippen LogP contribution in [0.3, 0.4) is 0 Å². The Labute approximate surface area is 126 Å². The van der Waals surface area contributed by atoms with E-state index in [-0.39, 0.29) is 18.0 Å². The smallest absolute Gasteiger partial charge is 0.211 e. The van der Waals surface area contributed by atoms with Crippen molar-refractivity contribution in [3.05, 3.63) is 29.6 Å². The number of sulfonamides is 1. The molecule has 0 radical (unpaired) electrons. The molecule has 1 saturated carbocycles. The van der Waals surface area contributed by atoms with Crippen molar-refractivity contribution in [2.24, 2.45) is 0 Å². The topological polar surface area (TPSA) is 46.6 Å². The van der Waals surface area contributed by atoms with Gasteiger partial charge in [0.05, 0.1) is 12.4 Å². The van der Waals surface area contributed by atoms with E-state index >= 15 is 0 Å². The summed E-state index contributed by atoms with van der Waals surface area (Å²) in [6.07, 6.45) is 4.34. The Bertz CT molecular complexity index is 595. The molecule has 0 bridgehead atoms. The van der Waals surface area contributed by atoms with Crippen molar-refractivity contribution >= 4 is 10.0 Å². The monoisotopic (exact) mass is 315 g/mol. The molecule has 0 atom stereocenters. The highest BCUT2D eigenvalue weighted by atomic mass is 32.2. The van der Waals surface area contributed by atoms with Gasteiger partial charge in [0.2, 0.25) is 10.0 Å². The highest BCUT2D eigenvalue weighted by Gasteiger charge is 2.29. The summed E-state index contributed by atoms with van der Waals surface area (Å²) in [6, 6.07) is 4.56. The van der Waals surface area contributed by atoms with Gasteiger partial charge in [-0.25, -0.2) is 17.1 Å². The zero-order valence-electron chi connectivity index (χ0n) is 12.7. The van der Waals surface area contributed by atoms with Gasteiger partial charge < -0.3 is 4.74 Å². The minimum absolute atomic E-state index is 0.0229. The van der Waals surface area contributed by atoms with E-state index in [0.29, 0.717) is 5.75 Å². The van der Waals surface area contributed by atoms with E-state index in [1.807, 2.05) is 6.92 Å². The van der Waals surface area contributed by atoms with Gasteiger partial charge in [-0.3, -0.25) is 0 Å². The van der Waals surface area contributed by atoms with E-state index in [4.69, 9.17) is 4.74 Å². The summed E-state index contributed by atoms with van der Waals surface area (Å²) in [4.78, 5) is 0. The summed E-state index contributed by atoms with van der Waals surface area (Å²) in [5.41, 5.74) is 0.909. The van der Waals surface area contributed by atoms with E-state index in [0.717, 1.165) is 31.2 Å². The number of benzene rings is 1. The maximum absolute atomic E-state index is 13.2. The van der Waals surface area contributed by atoms with Crippen LogP contribution in [0.15, 0.2) is 18.2 Å². The fraction of sp³-hybridized carbons (Fsp3) is 0.600. The molecule has 118 valence electrons. The van der Waals surface area contributed by atoms with Gasteiger partial charge in [-0.15, -0.1) is 0 Å². The van der Waals surface area contributed by atoms with Crippen molar-refractivity contribution in [1.82, 2.24) is 4.31 Å². The highest BCUT2D eigenvalue weighted by molar-refractivity contribution is 7.88. The predicted molar refractivity (Wildman–Crippen MR) is 80.4 cm³/mol. The number of ether oxygens (including phenoxy) is 1. The molecule has 4 nitrogen and oxygen atoms in total. The molecular weight excluding hydrogens is 293 g/mol. The Hall–Kier alpha value is -1.14. The molecule has 1 aromatic carbocycles. The van der Waals surface area contributed by atoms with Gasteiger partial charge in [-0.1, -0.05) is 6.07 Å². The molecule has 1 fully saturated rings. The summed E-state index contributed by atoms with van der Waals surface area (Å²) in [5.74, 6) is 0.274. The minimum atomic E-state index is -3.15. The normalized spacial score (nSPS) is 23.3. The lowest BCUT2D eigenvalue weighted by atomic mass is 9.93. The first-order chi connectivity index (χ1) is 9.77. The van der Waals surface area contributed by atoms with Crippen molar-refractivity contribution in [2.45, 2.75) is 44.8 Å². The fourth-order valence-electron chi connectivity index (χ4n) is 2.68. The molecule has 1 aromatic rings. The maximum atomic E-state index is 13.2. The van der Waals surface area contributed by atoms with Crippen molar-refractivity contribution in [2.75, 3.05) is 13.3 Å². The van der Waals surface area contributed by atoms with Crippen LogP contribution in [0.25, 0.3) is 0 Å². The maximum Gasteiger partial charge on any atom is 0.211 e. The van der Waals surface area contributed by atoms with Crippen LogP contribution in [0.5, 0.6) is 5.75 Å². The molecule has 21 heavy (non-hydrogen) atoms. The second-order valence-electron chi connectivity index (χ2n) is 5.74. The van der Waals surface area contributed by atoms with Gasteiger partial charge in [0.1, 0.15) is 11.6 Å². The third-order valence-corrected chi connectivity index (χ3v) is 5.47. The molecule has 0 saturated heterocycles. The van der Waals surface area contributed by atoms with E-state index in [2.05, 4.69) is 0 Å². The molecule has 0 amide bonds. The molecule has 0 heterocycles. The molecule has 0 N–H and O–H groups in total. The third kappa shape index (κ3) is 4.17. The van der Waals surface area contributed by atoms with Crippen LogP contribution in [0.1, 0.15) is 31.2 Å². The van der Waals surface area contributed by atoms with Crippen molar-refractivity contribution in [1.29, 1.82) is 0 Å². The van der Waals surface area contributed by atoms with Crippen molar-refractivity contribution < 1.29 is 17.5 Å². The Kier molecular flexibility index (Phi) is 4.88. The van der Waals surface area contributed by atoms with E-state index < -0.39 is 10.0 Å². The summed E-state index contributed by atoms with van der Waals surface area (Å²) in [6.45, 7) is 1.89. The second-order valence-corrected chi connectivity index (χ2v) is 7.78. The highest BCUT2D eigenvalue weighted by Crippen LogP contribution is 2.28. The first-order valence-corrected chi connectivity index (χ1v) is 8.98. The predicted octanol–water partition coefficient (Wildman–Crippen LogP) is 2.72. The molecule has 1 aliphatic rings. The van der Waals surface area contributed by atoms with Gasteiger partial charge >= 0.3 is 0 Å². The number of aryl methyl sites for hydroxylation is 1. The standard InChI is InChI=1S/C15H22FNO3S/c1-11-4-5-12(16)10-15(11)20-14-8-6-13(7-9-14)17(2)21(3,18)19/h4-5,10,13-14H,6-9H2,1-3H3/t13-,14-. The first kappa shape index (κ1) is 16.2. The quantitative estimate of drug-likeness (QED) is 0.858. The summed E-state index contributed by atoms with van der Waals surface area (Å²) in [5, 5.41) is 0. The molecule has 2 rings (SSSR count). The second kappa shape index (κ2) is 6.32. The fourth-order valence-corrected chi connectivity index (χ4v) is 3.43. The van der Waals surface area contributed by atoms with Crippen molar-refractivity contribution in [3.8, 4) is 5.75 Å². The third-order valence-electron chi connectivity index (χ3n) is 4.12. The summed E-state index contributed by atoms with van der Waals surface area (Å²) >= 11 is 0. The SMILES string of the molecule is Cc1ccc(F)cc1O[C@H]1CC[C@H](N(C)S(C)(=O)=O)CC1. The number of hydrogen-bond acceptors (Lipinski definition) is 3. The number of nitrogens with zero attached hydrogens (tertiary/aromatic N) is 1. The Morgan fingerprint density at radius 2 is 1.86 bits per heavy atom. The minimum Gasteiger partial charge on any atom is -0.490 e. The molecular formula is C15H22FNO3S. The van der Waals surface area contributed by atoms with Crippen LogP contribution in [0.4, 0.5) is 4.39 Å². The van der Waals surface area contributed by atoms with Crippen LogP contribution in [-0.4, -0.2) is 38.2 Å². The number of rotatable bonds is 4. The van der Waals surface area contributed by atoms with Crippen molar-refractivity contribution in [3.63, 3.8) is 0 Å². The van der Waals surface area contributed by atoms with E-state index in [1.165, 1.54) is 22.7 Å². The zero-order valence-corrected chi connectivity index (χ0v) is 13.5. The lowest BCUT2D eigenvalue weighted by Gasteiger charge is -2.33. The molecule has 0 unspecified atom stereocenters. The van der Waals surface area contributed by atoms with Gasteiger partial charge in [-0.05, 0) is 44.2 Å². The molecule has 0 aliphatic heterocycles. The summed E-state index contributed by atoms with van der Waals surface area (Å²) < 4.78 is 43.6. The lowest BCUT2D eigenvalue weighted by Crippen LogP contribution is -2.40. The van der Waals surface area contributed by atoms with E-state index in [9.17, 15) is 12.8 Å².